The van der Waals surface area contributed by atoms with Gasteiger partial charge >= 0.3 is 0 Å². The highest BCUT2D eigenvalue weighted by atomic mass is 32.1. The molecule has 0 spiro atoms. The van der Waals surface area contributed by atoms with Crippen LogP contribution in [-0.4, -0.2) is 27.8 Å². The van der Waals surface area contributed by atoms with Crippen LogP contribution in [0.4, 0.5) is 0 Å². The van der Waals surface area contributed by atoms with E-state index in [4.69, 9.17) is 5.73 Å². The molecule has 6 heteroatoms. The van der Waals surface area contributed by atoms with E-state index in [0.717, 1.165) is 10.6 Å². The molecule has 5 nitrogen and oxygen atoms in total. The Bertz CT molecular complexity index is 555. The molecule has 2 N–H and O–H groups in total. The van der Waals surface area contributed by atoms with Crippen LogP contribution in [0.2, 0.25) is 0 Å². The smallest absolute Gasteiger partial charge is 0.273 e. The van der Waals surface area contributed by atoms with Gasteiger partial charge in [-0.05, 0) is 24.6 Å². The number of thiazole rings is 1. The number of aromatic nitrogens is 2. The highest BCUT2D eigenvalue weighted by Crippen LogP contribution is 2.20. The third kappa shape index (κ3) is 2.97. The van der Waals surface area contributed by atoms with Crippen LogP contribution in [0.1, 0.15) is 34.0 Å². The molecule has 1 amide bonds. The molecule has 2 heterocycles. The van der Waals surface area contributed by atoms with Gasteiger partial charge in [-0.3, -0.25) is 9.78 Å². The van der Waals surface area contributed by atoms with Crippen molar-refractivity contribution in [2.45, 2.75) is 19.5 Å². The molecule has 0 fully saturated rings. The third-order valence-corrected chi connectivity index (χ3v) is 3.91. The lowest BCUT2D eigenvalue weighted by Gasteiger charge is -2.24. The Balaban J connectivity index is 2.15. The summed E-state index contributed by atoms with van der Waals surface area (Å²) in [5, 5.41) is 2.52. The highest BCUT2D eigenvalue weighted by molar-refractivity contribution is 7.09. The molecule has 0 aliphatic heterocycles. The Kier molecular flexibility index (Phi) is 4.24. The molecule has 0 aromatic carbocycles. The number of pyridine rings is 1. The van der Waals surface area contributed by atoms with Crippen molar-refractivity contribution in [3.8, 4) is 0 Å². The fraction of sp³-hybridized carbons (Fsp3) is 0.308. The maximum Gasteiger partial charge on any atom is 0.273 e. The van der Waals surface area contributed by atoms with Crippen molar-refractivity contribution in [2.75, 3.05) is 7.05 Å². The van der Waals surface area contributed by atoms with Gasteiger partial charge in [-0.2, -0.15) is 0 Å². The van der Waals surface area contributed by atoms with E-state index >= 15 is 0 Å². The molecule has 100 valence electrons. The van der Waals surface area contributed by atoms with Crippen molar-refractivity contribution < 1.29 is 4.79 Å². The summed E-state index contributed by atoms with van der Waals surface area (Å²) in [4.78, 5) is 22.2. The monoisotopic (exact) mass is 276 g/mol. The predicted molar refractivity (Wildman–Crippen MR) is 74.8 cm³/mol. The van der Waals surface area contributed by atoms with Crippen molar-refractivity contribution in [3.63, 3.8) is 0 Å². The van der Waals surface area contributed by atoms with Crippen LogP contribution in [0.25, 0.3) is 0 Å². The molecule has 2 aromatic rings. The summed E-state index contributed by atoms with van der Waals surface area (Å²) in [6.45, 7) is 2.34. The van der Waals surface area contributed by atoms with Gasteiger partial charge in [0, 0.05) is 31.4 Å². The molecule has 0 aliphatic carbocycles. The lowest BCUT2D eigenvalue weighted by Crippen LogP contribution is -2.30. The molecule has 2 aromatic heterocycles. The first-order valence-corrected chi connectivity index (χ1v) is 6.83. The van der Waals surface area contributed by atoms with Gasteiger partial charge in [-0.15, -0.1) is 11.3 Å². The number of hydrogen-bond donors (Lipinski definition) is 1. The van der Waals surface area contributed by atoms with E-state index in [1.54, 1.807) is 29.7 Å². The summed E-state index contributed by atoms with van der Waals surface area (Å²) in [6.07, 6.45) is 3.44. The Morgan fingerprint density at radius 3 is 2.74 bits per heavy atom. The van der Waals surface area contributed by atoms with Crippen LogP contribution in [0.5, 0.6) is 0 Å². The maximum absolute atomic E-state index is 12.3. The van der Waals surface area contributed by atoms with Crippen molar-refractivity contribution >= 4 is 17.2 Å². The van der Waals surface area contributed by atoms with Crippen LogP contribution in [0, 0.1) is 0 Å². The zero-order valence-corrected chi connectivity index (χ0v) is 11.7. The summed E-state index contributed by atoms with van der Waals surface area (Å²) in [7, 11) is 1.77. The fourth-order valence-corrected chi connectivity index (χ4v) is 2.37. The van der Waals surface area contributed by atoms with Crippen LogP contribution in [-0.2, 0) is 6.54 Å². The average Bonchev–Trinajstić information content (AvgIpc) is 2.94. The topological polar surface area (TPSA) is 72.1 Å². The van der Waals surface area contributed by atoms with Gasteiger partial charge in [0.15, 0.2) is 0 Å². The number of carbonyl (C=O) groups is 1. The number of hydrogen-bond acceptors (Lipinski definition) is 5. The van der Waals surface area contributed by atoms with E-state index in [1.165, 1.54) is 11.3 Å². The number of rotatable bonds is 4. The summed E-state index contributed by atoms with van der Waals surface area (Å²) in [5.74, 6) is -0.0970. The predicted octanol–water partition coefficient (Wildman–Crippen LogP) is 1.83. The first-order valence-electron chi connectivity index (χ1n) is 5.95. The Morgan fingerprint density at radius 1 is 1.47 bits per heavy atom. The summed E-state index contributed by atoms with van der Waals surface area (Å²) in [6, 6.07) is 3.78. The lowest BCUT2D eigenvalue weighted by molar-refractivity contribution is 0.0737. The molecule has 2 rings (SSSR count). The van der Waals surface area contributed by atoms with E-state index in [-0.39, 0.29) is 11.9 Å². The van der Waals surface area contributed by atoms with Crippen LogP contribution in [0.3, 0.4) is 0 Å². The standard InChI is InChI=1S/C13H16N4OS/c1-9(10-3-5-15-6-4-10)17(2)13(18)11-8-19-12(7-14)16-11/h3-6,8-9H,7,14H2,1-2H3. The average molecular weight is 276 g/mol. The Morgan fingerprint density at radius 2 is 2.16 bits per heavy atom. The molecule has 1 atom stereocenters. The van der Waals surface area contributed by atoms with Crippen LogP contribution >= 0.6 is 11.3 Å². The Hall–Kier alpha value is -1.79. The van der Waals surface area contributed by atoms with Gasteiger partial charge in [0.2, 0.25) is 0 Å². The summed E-state index contributed by atoms with van der Waals surface area (Å²) in [5.41, 5.74) is 7.00. The van der Waals surface area contributed by atoms with Gasteiger partial charge in [0.05, 0.1) is 6.04 Å². The Labute approximate surface area is 116 Å². The van der Waals surface area contributed by atoms with Crippen molar-refractivity contribution in [1.82, 2.24) is 14.9 Å². The first kappa shape index (κ1) is 13.6. The van der Waals surface area contributed by atoms with Crippen LogP contribution < -0.4 is 5.73 Å². The van der Waals surface area contributed by atoms with E-state index in [2.05, 4.69) is 9.97 Å². The van der Waals surface area contributed by atoms with Gasteiger partial charge in [0.25, 0.3) is 5.91 Å². The van der Waals surface area contributed by atoms with Gasteiger partial charge < -0.3 is 10.6 Å². The second kappa shape index (κ2) is 5.90. The molecule has 1 unspecified atom stereocenters. The molecule has 0 aliphatic rings. The van der Waals surface area contributed by atoms with Gasteiger partial charge in [-0.1, -0.05) is 0 Å². The molecular formula is C13H16N4OS. The van der Waals surface area contributed by atoms with Crippen molar-refractivity contribution in [2.24, 2.45) is 5.73 Å². The molecular weight excluding hydrogens is 260 g/mol. The van der Waals surface area contributed by atoms with E-state index in [0.29, 0.717) is 12.2 Å². The minimum absolute atomic E-state index is 0.0291. The molecule has 19 heavy (non-hydrogen) atoms. The van der Waals surface area contributed by atoms with Crippen molar-refractivity contribution in [3.05, 3.63) is 46.2 Å². The second-order valence-corrected chi connectivity index (χ2v) is 5.15. The number of carbonyl (C=O) groups excluding carboxylic acids is 1. The van der Waals surface area contributed by atoms with Crippen LogP contribution in [0.15, 0.2) is 29.9 Å². The molecule has 0 bridgehead atoms. The summed E-state index contributed by atoms with van der Waals surface area (Å²) >= 11 is 1.41. The number of nitrogens with zero attached hydrogens (tertiary/aromatic N) is 3. The first-order chi connectivity index (χ1) is 9.13. The van der Waals surface area contributed by atoms with Crippen molar-refractivity contribution in [1.29, 1.82) is 0 Å². The number of amides is 1. The third-order valence-electron chi connectivity index (χ3n) is 3.04. The molecule has 0 radical (unpaired) electrons. The highest BCUT2D eigenvalue weighted by Gasteiger charge is 2.20. The molecule has 0 saturated carbocycles. The maximum atomic E-state index is 12.3. The van der Waals surface area contributed by atoms with E-state index < -0.39 is 0 Å². The SMILES string of the molecule is CC(c1ccncc1)N(C)C(=O)c1csc(CN)n1. The normalized spacial score (nSPS) is 12.2. The zero-order valence-electron chi connectivity index (χ0n) is 10.9. The van der Waals surface area contributed by atoms with E-state index in [9.17, 15) is 4.79 Å². The number of nitrogens with two attached hydrogens (primary N) is 1. The minimum Gasteiger partial charge on any atom is -0.334 e. The zero-order chi connectivity index (χ0) is 13.8. The lowest BCUT2D eigenvalue weighted by atomic mass is 10.1. The largest absolute Gasteiger partial charge is 0.334 e. The minimum atomic E-state index is -0.0970. The quantitative estimate of drug-likeness (QED) is 0.924. The fourth-order valence-electron chi connectivity index (χ4n) is 1.73. The van der Waals surface area contributed by atoms with Gasteiger partial charge in [-0.25, -0.2) is 4.98 Å². The van der Waals surface area contributed by atoms with E-state index in [1.807, 2.05) is 19.1 Å². The molecule has 0 saturated heterocycles. The van der Waals surface area contributed by atoms with Gasteiger partial charge in [0.1, 0.15) is 10.7 Å². The second-order valence-electron chi connectivity index (χ2n) is 4.20. The summed E-state index contributed by atoms with van der Waals surface area (Å²) < 4.78 is 0.